The molecule has 3 aromatic rings. The molecule has 3 fully saturated rings. The summed E-state index contributed by atoms with van der Waals surface area (Å²) in [7, 11) is 4.47. The zero-order chi connectivity index (χ0) is 25.0. The molecule has 0 spiro atoms. The topological polar surface area (TPSA) is 77.2 Å². The highest BCUT2D eigenvalue weighted by Gasteiger charge is 2.57. The Balaban J connectivity index is 1.05. The van der Waals surface area contributed by atoms with E-state index >= 15 is 0 Å². The van der Waals surface area contributed by atoms with E-state index in [1.807, 2.05) is 24.3 Å². The summed E-state index contributed by atoms with van der Waals surface area (Å²) in [4.78, 5) is 17.5. The zero-order valence-corrected chi connectivity index (χ0v) is 21.2. The van der Waals surface area contributed by atoms with Crippen molar-refractivity contribution in [1.82, 2.24) is 4.90 Å². The van der Waals surface area contributed by atoms with Gasteiger partial charge in [-0.1, -0.05) is 0 Å². The molecular weight excluding hydrogens is 452 g/mol. The van der Waals surface area contributed by atoms with Crippen molar-refractivity contribution in [3.8, 4) is 22.8 Å². The second-order valence-electron chi connectivity index (χ2n) is 11.3. The van der Waals surface area contributed by atoms with Gasteiger partial charge in [0, 0.05) is 37.0 Å². The van der Waals surface area contributed by atoms with Crippen LogP contribution in [0.1, 0.15) is 38.5 Å². The number of phenolic OH excluding ortho intramolecular Hbond substituents is 2. The third-order valence-corrected chi connectivity index (χ3v) is 9.29. The molecule has 0 aliphatic heterocycles. The van der Waals surface area contributed by atoms with Crippen molar-refractivity contribution in [2.45, 2.75) is 44.6 Å². The molecule has 0 saturated heterocycles. The molecule has 190 valence electrons. The van der Waals surface area contributed by atoms with Gasteiger partial charge in [0.1, 0.15) is 5.76 Å². The van der Waals surface area contributed by atoms with Gasteiger partial charge >= 0.3 is 0 Å². The molecule has 0 radical (unpaired) electrons. The van der Waals surface area contributed by atoms with Crippen molar-refractivity contribution in [2.24, 2.45) is 23.7 Å². The SMILES string of the molecule is CN(CCCCN(C)C1C2CCC3CC(C2)C31)c1ccc(-c2cc(=O)c3ccc(O)c(O)c3o2)cc1. The van der Waals surface area contributed by atoms with Gasteiger partial charge in [0.15, 0.2) is 16.8 Å². The average Bonchev–Trinajstić information content (AvgIpc) is 3.02. The fraction of sp³-hybridized carbons (Fsp3) is 0.500. The molecule has 0 amide bonds. The lowest BCUT2D eigenvalue weighted by Crippen LogP contribution is -2.50. The Kier molecular flexibility index (Phi) is 5.95. The molecular formula is C30H36N2O4. The maximum absolute atomic E-state index is 12.5. The summed E-state index contributed by atoms with van der Waals surface area (Å²) in [5.41, 5.74) is 1.60. The van der Waals surface area contributed by atoms with Crippen LogP contribution < -0.4 is 10.3 Å². The van der Waals surface area contributed by atoms with Crippen molar-refractivity contribution in [1.29, 1.82) is 0 Å². The Morgan fingerprint density at radius 1 is 0.917 bits per heavy atom. The predicted molar refractivity (Wildman–Crippen MR) is 143 cm³/mol. The van der Waals surface area contributed by atoms with Crippen molar-refractivity contribution in [2.75, 3.05) is 32.1 Å². The molecule has 3 saturated carbocycles. The quantitative estimate of drug-likeness (QED) is 0.324. The first kappa shape index (κ1) is 23.4. The van der Waals surface area contributed by atoms with Gasteiger partial charge in [-0.25, -0.2) is 0 Å². The van der Waals surface area contributed by atoms with E-state index in [0.717, 1.165) is 53.9 Å². The summed E-state index contributed by atoms with van der Waals surface area (Å²) >= 11 is 0. The van der Waals surface area contributed by atoms with Gasteiger partial charge < -0.3 is 24.4 Å². The number of nitrogens with zero attached hydrogens (tertiary/aromatic N) is 2. The van der Waals surface area contributed by atoms with Crippen LogP contribution in [0.2, 0.25) is 0 Å². The second kappa shape index (κ2) is 9.15. The molecule has 2 aromatic carbocycles. The number of rotatable bonds is 8. The number of fused-ring (bicyclic) bond motifs is 2. The van der Waals surface area contributed by atoms with E-state index in [4.69, 9.17) is 4.42 Å². The van der Waals surface area contributed by atoms with E-state index in [1.165, 1.54) is 56.8 Å². The van der Waals surface area contributed by atoms with Crippen molar-refractivity contribution < 1.29 is 14.6 Å². The maximum Gasteiger partial charge on any atom is 0.201 e. The van der Waals surface area contributed by atoms with Crippen LogP contribution in [0.25, 0.3) is 22.3 Å². The van der Waals surface area contributed by atoms with Crippen molar-refractivity contribution in [3.63, 3.8) is 0 Å². The lowest BCUT2D eigenvalue weighted by molar-refractivity contribution is 0.00379. The first-order valence-corrected chi connectivity index (χ1v) is 13.4. The zero-order valence-electron chi connectivity index (χ0n) is 21.2. The van der Waals surface area contributed by atoms with Crippen LogP contribution in [0.3, 0.4) is 0 Å². The fourth-order valence-corrected chi connectivity index (χ4v) is 7.43. The van der Waals surface area contributed by atoms with Crippen LogP contribution in [0.4, 0.5) is 5.69 Å². The molecule has 6 rings (SSSR count). The summed E-state index contributed by atoms with van der Waals surface area (Å²) in [6, 6.07) is 12.9. The third-order valence-electron chi connectivity index (χ3n) is 9.29. The minimum absolute atomic E-state index is 0.00178. The van der Waals surface area contributed by atoms with Crippen LogP contribution in [-0.4, -0.2) is 48.3 Å². The average molecular weight is 489 g/mol. The standard InChI is InChI=1S/C30H36N2O4/c1-31(13-3-4-14-32(2)28-20-6-5-19-15-21(16-20)27(19)28)22-9-7-18(8-10-22)26-17-25(34)23-11-12-24(33)29(35)30(23)36-26/h7-12,17,19-21,27-28,33,35H,3-6,13-16H2,1-2H3. The van der Waals surface area contributed by atoms with Crippen molar-refractivity contribution in [3.05, 3.63) is 52.7 Å². The van der Waals surface area contributed by atoms with Gasteiger partial charge in [-0.05, 0) is 112 Å². The van der Waals surface area contributed by atoms with Crippen LogP contribution in [0, 0.1) is 23.7 Å². The Morgan fingerprint density at radius 2 is 1.64 bits per heavy atom. The highest BCUT2D eigenvalue weighted by atomic mass is 16.4. The Bertz CT molecular complexity index is 1310. The third kappa shape index (κ3) is 3.96. The molecule has 3 aliphatic rings. The summed E-state index contributed by atoms with van der Waals surface area (Å²) in [5, 5.41) is 20.1. The Hall–Kier alpha value is -2.99. The smallest absolute Gasteiger partial charge is 0.201 e. The molecule has 5 atom stereocenters. The number of phenols is 2. The number of benzene rings is 2. The molecule has 6 heteroatoms. The summed E-state index contributed by atoms with van der Waals surface area (Å²) in [5.74, 6) is 3.64. The number of aromatic hydroxyl groups is 2. The largest absolute Gasteiger partial charge is 0.504 e. The van der Waals surface area contributed by atoms with E-state index < -0.39 is 5.75 Å². The number of hydrogen-bond donors (Lipinski definition) is 2. The fourth-order valence-electron chi connectivity index (χ4n) is 7.43. The molecule has 2 N–H and O–H groups in total. The molecule has 1 heterocycles. The number of hydrogen-bond acceptors (Lipinski definition) is 6. The van der Waals surface area contributed by atoms with Gasteiger partial charge in [-0.3, -0.25) is 4.79 Å². The molecule has 5 unspecified atom stereocenters. The van der Waals surface area contributed by atoms with Gasteiger partial charge in [0.25, 0.3) is 0 Å². The van der Waals surface area contributed by atoms with Gasteiger partial charge in [-0.15, -0.1) is 0 Å². The summed E-state index contributed by atoms with van der Waals surface area (Å²) in [6.07, 6.45) is 8.30. The molecule has 1 aromatic heterocycles. The Labute approximate surface area is 212 Å². The first-order valence-electron chi connectivity index (χ1n) is 13.4. The maximum atomic E-state index is 12.5. The van der Waals surface area contributed by atoms with Gasteiger partial charge in [-0.2, -0.15) is 0 Å². The van der Waals surface area contributed by atoms with Gasteiger partial charge in [0.05, 0.1) is 5.39 Å². The van der Waals surface area contributed by atoms with Crippen LogP contribution in [0.5, 0.6) is 11.5 Å². The highest BCUT2D eigenvalue weighted by molar-refractivity contribution is 5.86. The van der Waals surface area contributed by atoms with Crippen LogP contribution >= 0.6 is 0 Å². The molecule has 3 aliphatic carbocycles. The van der Waals surface area contributed by atoms with Gasteiger partial charge in [0.2, 0.25) is 5.75 Å². The monoisotopic (exact) mass is 488 g/mol. The number of anilines is 1. The minimum Gasteiger partial charge on any atom is -0.504 e. The highest BCUT2D eigenvalue weighted by Crippen LogP contribution is 2.61. The molecule has 36 heavy (non-hydrogen) atoms. The molecule has 6 nitrogen and oxygen atoms in total. The number of unbranched alkanes of at least 4 members (excludes halogenated alkanes) is 1. The normalized spacial score (nSPS) is 26.4. The van der Waals surface area contributed by atoms with E-state index in [0.29, 0.717) is 5.76 Å². The molecule has 2 bridgehead atoms. The van der Waals surface area contributed by atoms with Crippen LogP contribution in [0.15, 0.2) is 51.7 Å². The predicted octanol–water partition coefficient (Wildman–Crippen LogP) is 5.45. The minimum atomic E-state index is -0.415. The lowest BCUT2D eigenvalue weighted by Gasteiger charge is -2.49. The van der Waals surface area contributed by atoms with E-state index in [1.54, 1.807) is 0 Å². The first-order chi connectivity index (χ1) is 17.4. The second-order valence-corrected chi connectivity index (χ2v) is 11.3. The Morgan fingerprint density at radius 3 is 2.44 bits per heavy atom. The van der Waals surface area contributed by atoms with Crippen molar-refractivity contribution >= 4 is 16.7 Å². The summed E-state index contributed by atoms with van der Waals surface area (Å²) < 4.78 is 5.79. The summed E-state index contributed by atoms with van der Waals surface area (Å²) in [6.45, 7) is 2.18. The lowest BCUT2D eigenvalue weighted by atomic mass is 9.62. The van der Waals surface area contributed by atoms with E-state index in [-0.39, 0.29) is 22.1 Å². The van der Waals surface area contributed by atoms with Crippen LogP contribution in [-0.2, 0) is 0 Å². The van der Waals surface area contributed by atoms with E-state index in [2.05, 4.69) is 23.9 Å². The van der Waals surface area contributed by atoms with E-state index in [9.17, 15) is 15.0 Å².